The highest BCUT2D eigenvalue weighted by atomic mass is 16.6. The molecule has 26 heavy (non-hydrogen) atoms. The highest BCUT2D eigenvalue weighted by molar-refractivity contribution is 5.97. The van der Waals surface area contributed by atoms with E-state index in [1.54, 1.807) is 11.0 Å². The molecule has 3 N–H and O–H groups in total. The molecule has 1 aromatic rings. The maximum atomic E-state index is 12.2. The van der Waals surface area contributed by atoms with Crippen molar-refractivity contribution in [1.82, 2.24) is 4.90 Å². The molecule has 1 saturated heterocycles. The first kappa shape index (κ1) is 18.3. The smallest absolute Gasteiger partial charge is 0.410 e. The molecule has 0 atom stereocenters. The number of aromatic hydroxyl groups is 1. The van der Waals surface area contributed by atoms with E-state index in [0.717, 1.165) is 29.5 Å². The fraction of sp³-hybridized carbons (Fsp3) is 0.500. The summed E-state index contributed by atoms with van der Waals surface area (Å²) in [5, 5.41) is 9.96. The lowest BCUT2D eigenvalue weighted by molar-refractivity contribution is 0.0199. The molecule has 1 heterocycles. The Hall–Kier alpha value is -2.50. The number of ether oxygens (including phenoxy) is 1. The number of rotatable bonds is 2. The monoisotopic (exact) mass is 358 g/mol. The molecule has 0 saturated carbocycles. The molecule has 3 rings (SSSR count). The fourth-order valence-corrected chi connectivity index (χ4v) is 3.76. The van der Waals surface area contributed by atoms with Gasteiger partial charge in [0.1, 0.15) is 11.4 Å². The van der Waals surface area contributed by atoms with Crippen LogP contribution in [0.5, 0.6) is 5.75 Å². The second-order valence-corrected chi connectivity index (χ2v) is 7.99. The Bertz CT molecular complexity index is 769. The van der Waals surface area contributed by atoms with Crippen LogP contribution in [0.15, 0.2) is 18.2 Å². The third-order valence-corrected chi connectivity index (χ3v) is 4.92. The molecule has 0 spiro atoms. The maximum Gasteiger partial charge on any atom is 0.410 e. The highest BCUT2D eigenvalue weighted by Gasteiger charge is 2.31. The Morgan fingerprint density at radius 2 is 1.88 bits per heavy atom. The molecule has 0 radical (unpaired) electrons. The van der Waals surface area contributed by atoms with Gasteiger partial charge in [-0.3, -0.25) is 4.79 Å². The third kappa shape index (κ3) is 3.69. The van der Waals surface area contributed by atoms with Gasteiger partial charge in [0.2, 0.25) is 5.91 Å². The van der Waals surface area contributed by atoms with Gasteiger partial charge in [0, 0.05) is 18.7 Å². The van der Waals surface area contributed by atoms with Gasteiger partial charge in [-0.05, 0) is 74.8 Å². The largest absolute Gasteiger partial charge is 0.508 e. The minimum Gasteiger partial charge on any atom is -0.508 e. The van der Waals surface area contributed by atoms with Gasteiger partial charge in [-0.15, -0.1) is 0 Å². The summed E-state index contributed by atoms with van der Waals surface area (Å²) in [7, 11) is 0. The number of allylic oxidation sites excluding steroid dienone is 2. The molecular formula is C20H26N2O4. The Balaban J connectivity index is 1.71. The number of piperidine rings is 1. The van der Waals surface area contributed by atoms with E-state index in [9.17, 15) is 14.7 Å². The van der Waals surface area contributed by atoms with Crippen molar-refractivity contribution in [3.63, 3.8) is 0 Å². The third-order valence-electron chi connectivity index (χ3n) is 4.92. The summed E-state index contributed by atoms with van der Waals surface area (Å²) in [4.78, 5) is 25.6. The number of nitrogens with two attached hydrogens (primary N) is 1. The van der Waals surface area contributed by atoms with Crippen LogP contribution in [0.2, 0.25) is 0 Å². The van der Waals surface area contributed by atoms with Crippen molar-refractivity contribution in [1.29, 1.82) is 0 Å². The summed E-state index contributed by atoms with van der Waals surface area (Å²) in [6.07, 6.45) is 4.14. The molecule has 1 fully saturated rings. The summed E-state index contributed by atoms with van der Waals surface area (Å²) in [5.41, 5.74) is 8.28. The van der Waals surface area contributed by atoms with E-state index >= 15 is 0 Å². The quantitative estimate of drug-likeness (QED) is 0.850. The van der Waals surface area contributed by atoms with Crippen LogP contribution in [0.4, 0.5) is 4.79 Å². The van der Waals surface area contributed by atoms with E-state index in [4.69, 9.17) is 10.5 Å². The maximum absolute atomic E-state index is 12.2. The average Bonchev–Trinajstić information content (AvgIpc) is 2.96. The number of primary amides is 1. The second-order valence-electron chi connectivity index (χ2n) is 7.99. The summed E-state index contributed by atoms with van der Waals surface area (Å²) in [6.45, 7) is 6.85. The molecule has 6 nitrogen and oxygen atoms in total. The lowest BCUT2D eigenvalue weighted by Gasteiger charge is -2.34. The molecule has 6 heteroatoms. The Morgan fingerprint density at radius 1 is 1.23 bits per heavy atom. The number of fused-ring (bicyclic) bond motifs is 1. The lowest BCUT2D eigenvalue weighted by atomic mass is 9.85. The van der Waals surface area contributed by atoms with E-state index in [2.05, 4.69) is 6.08 Å². The number of hydrogen-bond donors (Lipinski definition) is 2. The average molecular weight is 358 g/mol. The zero-order valence-electron chi connectivity index (χ0n) is 15.5. The zero-order chi connectivity index (χ0) is 19.1. The van der Waals surface area contributed by atoms with Crippen molar-refractivity contribution in [3.05, 3.63) is 34.9 Å². The van der Waals surface area contributed by atoms with Gasteiger partial charge >= 0.3 is 6.09 Å². The van der Waals surface area contributed by atoms with E-state index in [-0.39, 0.29) is 17.8 Å². The molecule has 140 valence electrons. The number of carbonyl (C=O) groups is 2. The molecule has 0 bridgehead atoms. The van der Waals surface area contributed by atoms with Gasteiger partial charge in [-0.2, -0.15) is 0 Å². The van der Waals surface area contributed by atoms with E-state index in [0.29, 0.717) is 25.1 Å². The van der Waals surface area contributed by atoms with E-state index < -0.39 is 11.5 Å². The summed E-state index contributed by atoms with van der Waals surface area (Å²) in [5.74, 6) is -0.180. The first-order valence-electron chi connectivity index (χ1n) is 9.00. The molecule has 2 amide bonds. The predicted molar refractivity (Wildman–Crippen MR) is 98.8 cm³/mol. The van der Waals surface area contributed by atoms with Gasteiger partial charge in [0.25, 0.3) is 0 Å². The van der Waals surface area contributed by atoms with Crippen LogP contribution in [0.3, 0.4) is 0 Å². The summed E-state index contributed by atoms with van der Waals surface area (Å²) >= 11 is 0. The predicted octanol–water partition coefficient (Wildman–Crippen LogP) is 3.08. The van der Waals surface area contributed by atoms with Gasteiger partial charge in [-0.1, -0.05) is 6.08 Å². The first-order chi connectivity index (χ1) is 12.2. The van der Waals surface area contributed by atoms with Crippen molar-refractivity contribution in [2.75, 3.05) is 13.1 Å². The lowest BCUT2D eigenvalue weighted by Crippen LogP contribution is -2.41. The normalized spacial score (nSPS) is 17.7. The van der Waals surface area contributed by atoms with Crippen LogP contribution >= 0.6 is 0 Å². The topological polar surface area (TPSA) is 92.9 Å². The van der Waals surface area contributed by atoms with Gasteiger partial charge in [0.15, 0.2) is 0 Å². The van der Waals surface area contributed by atoms with Crippen LogP contribution in [-0.2, 0) is 11.2 Å². The fourth-order valence-electron chi connectivity index (χ4n) is 3.76. The Labute approximate surface area is 153 Å². The zero-order valence-corrected chi connectivity index (χ0v) is 15.5. The molecule has 1 aliphatic heterocycles. The molecule has 1 aliphatic carbocycles. The number of phenols is 1. The summed E-state index contributed by atoms with van der Waals surface area (Å²) in [6, 6.07) is 3.14. The van der Waals surface area contributed by atoms with E-state index in [1.807, 2.05) is 20.8 Å². The molecule has 0 unspecified atom stereocenters. The van der Waals surface area contributed by atoms with Crippen molar-refractivity contribution >= 4 is 17.6 Å². The molecule has 0 aromatic heterocycles. The van der Waals surface area contributed by atoms with Crippen LogP contribution in [0.25, 0.3) is 5.57 Å². The summed E-state index contributed by atoms with van der Waals surface area (Å²) < 4.78 is 5.44. The van der Waals surface area contributed by atoms with Crippen LogP contribution < -0.4 is 5.73 Å². The van der Waals surface area contributed by atoms with Crippen LogP contribution in [0, 0.1) is 5.92 Å². The van der Waals surface area contributed by atoms with Crippen LogP contribution in [0.1, 0.15) is 55.1 Å². The minimum atomic E-state index is -0.522. The van der Waals surface area contributed by atoms with Gasteiger partial charge in [-0.25, -0.2) is 4.79 Å². The SMILES string of the molecule is CC(C)(C)OC(=O)N1CCC(C2=CCc3c(C(N)=O)cc(O)cc32)CC1. The molecule has 1 aromatic carbocycles. The number of nitrogens with zero attached hydrogens (tertiary/aromatic N) is 1. The Kier molecular flexibility index (Phi) is 4.69. The first-order valence-corrected chi connectivity index (χ1v) is 9.00. The van der Waals surface area contributed by atoms with Gasteiger partial charge < -0.3 is 20.5 Å². The van der Waals surface area contributed by atoms with Crippen molar-refractivity contribution in [2.45, 2.75) is 45.6 Å². The van der Waals surface area contributed by atoms with Gasteiger partial charge in [0.05, 0.1) is 0 Å². The number of carbonyl (C=O) groups excluding carboxylic acids is 2. The Morgan fingerprint density at radius 3 is 2.46 bits per heavy atom. The van der Waals surface area contributed by atoms with Crippen molar-refractivity contribution in [2.24, 2.45) is 11.7 Å². The number of likely N-dealkylation sites (tertiary alicyclic amines) is 1. The number of hydrogen-bond acceptors (Lipinski definition) is 4. The minimum absolute atomic E-state index is 0.0524. The van der Waals surface area contributed by atoms with Crippen molar-refractivity contribution in [3.8, 4) is 5.75 Å². The molecular weight excluding hydrogens is 332 g/mol. The number of amides is 2. The number of benzene rings is 1. The number of phenolic OH excluding ortho intramolecular Hbond substituents is 1. The van der Waals surface area contributed by atoms with Crippen LogP contribution in [-0.4, -0.2) is 40.7 Å². The second kappa shape index (κ2) is 6.67. The highest BCUT2D eigenvalue weighted by Crippen LogP contribution is 2.40. The molecule has 2 aliphatic rings. The van der Waals surface area contributed by atoms with E-state index in [1.165, 1.54) is 6.07 Å². The standard InChI is InChI=1S/C20H26N2O4/c1-20(2,3)26-19(25)22-8-6-12(7-9-22)14-4-5-15-16(14)10-13(23)11-17(15)18(21)24/h4,10-12,23H,5-9H2,1-3H3,(H2,21,24). The van der Waals surface area contributed by atoms with Crippen molar-refractivity contribution < 1.29 is 19.4 Å².